The minimum atomic E-state index is 0.240. The summed E-state index contributed by atoms with van der Waals surface area (Å²) in [4.78, 5) is 0. The SMILES string of the molecule is CC1=CC(C)[C@@H](N)C(C)=C1. The summed E-state index contributed by atoms with van der Waals surface area (Å²) in [5, 5.41) is 0. The lowest BCUT2D eigenvalue weighted by Gasteiger charge is -2.22. The molecule has 1 nitrogen and oxygen atoms in total. The fourth-order valence-electron chi connectivity index (χ4n) is 1.44. The van der Waals surface area contributed by atoms with Crippen molar-refractivity contribution in [1.82, 2.24) is 0 Å². The maximum atomic E-state index is 5.87. The third kappa shape index (κ3) is 1.29. The van der Waals surface area contributed by atoms with Gasteiger partial charge in [-0.3, -0.25) is 0 Å². The summed E-state index contributed by atoms with van der Waals surface area (Å²) in [7, 11) is 0. The highest BCUT2D eigenvalue weighted by atomic mass is 14.6. The molecule has 0 saturated heterocycles. The average Bonchev–Trinajstić information content (AvgIpc) is 1.82. The number of hydrogen-bond acceptors (Lipinski definition) is 1. The van der Waals surface area contributed by atoms with Crippen LogP contribution in [-0.4, -0.2) is 6.04 Å². The van der Waals surface area contributed by atoms with Crippen molar-refractivity contribution in [2.24, 2.45) is 11.7 Å². The topological polar surface area (TPSA) is 26.0 Å². The molecule has 0 spiro atoms. The third-order valence-corrected chi connectivity index (χ3v) is 2.07. The van der Waals surface area contributed by atoms with Crippen LogP contribution in [0, 0.1) is 5.92 Å². The van der Waals surface area contributed by atoms with Gasteiger partial charge in [-0.05, 0) is 19.8 Å². The Kier molecular flexibility index (Phi) is 1.95. The highest BCUT2D eigenvalue weighted by molar-refractivity contribution is 5.30. The Morgan fingerprint density at radius 2 is 2.00 bits per heavy atom. The van der Waals surface area contributed by atoms with E-state index >= 15 is 0 Å². The molecule has 0 bridgehead atoms. The zero-order valence-corrected chi connectivity index (χ0v) is 6.89. The second-order valence-electron chi connectivity index (χ2n) is 3.18. The fourth-order valence-corrected chi connectivity index (χ4v) is 1.44. The molecule has 2 N–H and O–H groups in total. The quantitative estimate of drug-likeness (QED) is 0.542. The summed E-state index contributed by atoms with van der Waals surface area (Å²) in [6.45, 7) is 6.37. The molecule has 10 heavy (non-hydrogen) atoms. The second-order valence-corrected chi connectivity index (χ2v) is 3.18. The molecule has 1 rings (SSSR count). The standard InChI is InChI=1S/C9H15N/c1-6-4-7(2)9(10)8(3)5-6/h4-5,7,9H,10H2,1-3H3/t7?,9-/m1/s1. The summed E-state index contributed by atoms with van der Waals surface area (Å²) in [5.74, 6) is 0.505. The van der Waals surface area contributed by atoms with E-state index in [1.54, 1.807) is 0 Å². The van der Waals surface area contributed by atoms with Crippen LogP contribution >= 0.6 is 0 Å². The van der Waals surface area contributed by atoms with E-state index in [0.717, 1.165) is 0 Å². The summed E-state index contributed by atoms with van der Waals surface area (Å²) in [5.41, 5.74) is 8.51. The van der Waals surface area contributed by atoms with Gasteiger partial charge in [0.25, 0.3) is 0 Å². The van der Waals surface area contributed by atoms with Crippen molar-refractivity contribution in [2.75, 3.05) is 0 Å². The van der Waals surface area contributed by atoms with Crippen molar-refractivity contribution in [3.05, 3.63) is 23.3 Å². The molecule has 1 aliphatic carbocycles. The van der Waals surface area contributed by atoms with Crippen LogP contribution in [-0.2, 0) is 0 Å². The van der Waals surface area contributed by atoms with E-state index < -0.39 is 0 Å². The van der Waals surface area contributed by atoms with E-state index in [1.165, 1.54) is 11.1 Å². The molecule has 0 aromatic rings. The molecule has 0 fully saturated rings. The lowest BCUT2D eigenvalue weighted by Crippen LogP contribution is -2.30. The Balaban J connectivity index is 2.85. The number of rotatable bonds is 0. The summed E-state index contributed by atoms with van der Waals surface area (Å²) < 4.78 is 0. The Bertz CT molecular complexity index is 189. The molecular weight excluding hydrogens is 122 g/mol. The van der Waals surface area contributed by atoms with Gasteiger partial charge < -0.3 is 5.73 Å². The second kappa shape index (κ2) is 2.59. The molecule has 0 radical (unpaired) electrons. The third-order valence-electron chi connectivity index (χ3n) is 2.07. The molecule has 2 atom stereocenters. The first-order valence-corrected chi connectivity index (χ1v) is 3.73. The first kappa shape index (κ1) is 7.55. The summed E-state index contributed by atoms with van der Waals surface area (Å²) >= 11 is 0. The smallest absolute Gasteiger partial charge is 0.0315 e. The maximum absolute atomic E-state index is 5.87. The summed E-state index contributed by atoms with van der Waals surface area (Å²) in [6.07, 6.45) is 4.38. The minimum Gasteiger partial charge on any atom is -0.324 e. The van der Waals surface area contributed by atoms with Crippen molar-refractivity contribution >= 4 is 0 Å². The van der Waals surface area contributed by atoms with Crippen LogP contribution in [0.1, 0.15) is 20.8 Å². The Morgan fingerprint density at radius 1 is 1.40 bits per heavy atom. The van der Waals surface area contributed by atoms with Crippen LogP contribution in [0.5, 0.6) is 0 Å². The lowest BCUT2D eigenvalue weighted by atomic mass is 9.89. The predicted octanol–water partition coefficient (Wildman–Crippen LogP) is 1.86. The Morgan fingerprint density at radius 3 is 2.50 bits per heavy atom. The van der Waals surface area contributed by atoms with Crippen LogP contribution < -0.4 is 5.73 Å². The molecule has 0 saturated carbocycles. The summed E-state index contributed by atoms with van der Waals surface area (Å²) in [6, 6.07) is 0.240. The van der Waals surface area contributed by atoms with Crippen molar-refractivity contribution < 1.29 is 0 Å². The fraction of sp³-hybridized carbons (Fsp3) is 0.556. The lowest BCUT2D eigenvalue weighted by molar-refractivity contribution is 0.592. The van der Waals surface area contributed by atoms with Crippen molar-refractivity contribution in [3.8, 4) is 0 Å². The van der Waals surface area contributed by atoms with Gasteiger partial charge in [-0.2, -0.15) is 0 Å². The maximum Gasteiger partial charge on any atom is 0.0315 e. The van der Waals surface area contributed by atoms with Gasteiger partial charge in [0, 0.05) is 6.04 Å². The van der Waals surface area contributed by atoms with Gasteiger partial charge in [-0.1, -0.05) is 30.2 Å². The highest BCUT2D eigenvalue weighted by Crippen LogP contribution is 2.20. The van der Waals surface area contributed by atoms with Gasteiger partial charge in [0.2, 0.25) is 0 Å². The van der Waals surface area contributed by atoms with Crippen LogP contribution in [0.25, 0.3) is 0 Å². The van der Waals surface area contributed by atoms with E-state index in [9.17, 15) is 0 Å². The van der Waals surface area contributed by atoms with Crippen molar-refractivity contribution in [3.63, 3.8) is 0 Å². The Hall–Kier alpha value is -0.560. The molecule has 1 aliphatic rings. The van der Waals surface area contributed by atoms with Gasteiger partial charge in [-0.25, -0.2) is 0 Å². The van der Waals surface area contributed by atoms with Crippen LogP contribution in [0.3, 0.4) is 0 Å². The first-order chi connectivity index (χ1) is 4.61. The van der Waals surface area contributed by atoms with Gasteiger partial charge in [0.1, 0.15) is 0 Å². The molecule has 1 unspecified atom stereocenters. The van der Waals surface area contributed by atoms with Crippen LogP contribution in [0.2, 0.25) is 0 Å². The average molecular weight is 137 g/mol. The van der Waals surface area contributed by atoms with E-state index in [-0.39, 0.29) is 6.04 Å². The molecule has 0 heterocycles. The molecule has 56 valence electrons. The van der Waals surface area contributed by atoms with Gasteiger partial charge in [0.15, 0.2) is 0 Å². The largest absolute Gasteiger partial charge is 0.324 e. The van der Waals surface area contributed by atoms with E-state index in [2.05, 4.69) is 32.9 Å². The van der Waals surface area contributed by atoms with Gasteiger partial charge in [0.05, 0.1) is 0 Å². The van der Waals surface area contributed by atoms with Gasteiger partial charge >= 0.3 is 0 Å². The number of nitrogens with two attached hydrogens (primary N) is 1. The first-order valence-electron chi connectivity index (χ1n) is 3.73. The van der Waals surface area contributed by atoms with E-state index in [1.807, 2.05) is 0 Å². The van der Waals surface area contributed by atoms with E-state index in [4.69, 9.17) is 5.73 Å². The zero-order chi connectivity index (χ0) is 7.72. The zero-order valence-electron chi connectivity index (χ0n) is 6.89. The minimum absolute atomic E-state index is 0.240. The predicted molar refractivity (Wildman–Crippen MR) is 44.7 cm³/mol. The van der Waals surface area contributed by atoms with Crippen molar-refractivity contribution in [2.45, 2.75) is 26.8 Å². The van der Waals surface area contributed by atoms with Crippen LogP contribution in [0.15, 0.2) is 23.3 Å². The molecule has 1 heteroatoms. The molecule has 0 aromatic heterocycles. The Labute approximate surface area is 62.6 Å². The molecule has 0 aromatic carbocycles. The molecule has 0 aliphatic heterocycles. The number of allylic oxidation sites excluding steroid dienone is 2. The molecular formula is C9H15N. The number of hydrogen-bond donors (Lipinski definition) is 1. The van der Waals surface area contributed by atoms with Crippen molar-refractivity contribution in [1.29, 1.82) is 0 Å². The van der Waals surface area contributed by atoms with E-state index in [0.29, 0.717) is 5.92 Å². The normalized spacial score (nSPS) is 33.2. The van der Waals surface area contributed by atoms with Gasteiger partial charge in [-0.15, -0.1) is 0 Å². The molecule has 0 amide bonds. The monoisotopic (exact) mass is 137 g/mol. The van der Waals surface area contributed by atoms with Crippen LogP contribution in [0.4, 0.5) is 0 Å². The highest BCUT2D eigenvalue weighted by Gasteiger charge is 2.15.